The van der Waals surface area contributed by atoms with E-state index in [1.54, 1.807) is 21.1 Å². The van der Waals surface area contributed by atoms with Crippen LogP contribution in [0.3, 0.4) is 0 Å². The summed E-state index contributed by atoms with van der Waals surface area (Å²) in [4.78, 5) is 0. The van der Waals surface area contributed by atoms with E-state index in [0.717, 1.165) is 16.9 Å². The first kappa shape index (κ1) is 15.0. The number of benzene rings is 1. The van der Waals surface area contributed by atoms with E-state index >= 15 is 0 Å². The molecular weight excluding hydrogens is 232 g/mol. The third-order valence-corrected chi connectivity index (χ3v) is 2.71. The van der Waals surface area contributed by atoms with Gasteiger partial charge in [-0.1, -0.05) is 6.07 Å². The van der Waals surface area contributed by atoms with Gasteiger partial charge in [-0.25, -0.2) is 0 Å². The van der Waals surface area contributed by atoms with Gasteiger partial charge in [0.2, 0.25) is 0 Å². The molecule has 0 radical (unpaired) electrons. The maximum absolute atomic E-state index is 9.57. The van der Waals surface area contributed by atoms with Crippen LogP contribution in [0.25, 0.3) is 0 Å². The van der Waals surface area contributed by atoms with Crippen molar-refractivity contribution < 1.29 is 19.3 Å². The smallest absolute Gasteiger partial charge is 0.124 e. The molecule has 0 saturated carbocycles. The average Bonchev–Trinajstić information content (AvgIpc) is 2.36. The van der Waals surface area contributed by atoms with Crippen molar-refractivity contribution in [2.45, 2.75) is 32.7 Å². The maximum Gasteiger partial charge on any atom is 0.124 e. The first-order valence-electron chi connectivity index (χ1n) is 6.04. The highest BCUT2D eigenvalue weighted by molar-refractivity contribution is 5.37. The zero-order chi connectivity index (χ0) is 13.5. The van der Waals surface area contributed by atoms with Gasteiger partial charge in [0.15, 0.2) is 0 Å². The number of ether oxygens (including phenoxy) is 3. The van der Waals surface area contributed by atoms with Crippen molar-refractivity contribution in [3.8, 4) is 5.75 Å². The fourth-order valence-corrected chi connectivity index (χ4v) is 1.69. The van der Waals surface area contributed by atoms with Crippen LogP contribution in [0, 0.1) is 0 Å². The van der Waals surface area contributed by atoms with E-state index in [1.807, 2.05) is 25.1 Å². The molecule has 1 N–H and O–H groups in total. The van der Waals surface area contributed by atoms with Crippen molar-refractivity contribution >= 4 is 0 Å². The molecule has 4 nitrogen and oxygen atoms in total. The Morgan fingerprint density at radius 2 is 1.94 bits per heavy atom. The van der Waals surface area contributed by atoms with Crippen molar-refractivity contribution in [2.24, 2.45) is 0 Å². The molecular formula is C14H22O4. The largest absolute Gasteiger partial charge is 0.496 e. The summed E-state index contributed by atoms with van der Waals surface area (Å²) in [5.41, 5.74) is 1.78. The molecule has 0 aliphatic carbocycles. The van der Waals surface area contributed by atoms with Crippen molar-refractivity contribution in [3.63, 3.8) is 0 Å². The van der Waals surface area contributed by atoms with Gasteiger partial charge in [-0.3, -0.25) is 0 Å². The van der Waals surface area contributed by atoms with Crippen LogP contribution in [-0.2, 0) is 16.1 Å². The highest BCUT2D eigenvalue weighted by atomic mass is 16.5. The predicted molar refractivity (Wildman–Crippen MR) is 69.8 cm³/mol. The van der Waals surface area contributed by atoms with E-state index < -0.39 is 6.10 Å². The summed E-state index contributed by atoms with van der Waals surface area (Å²) in [6, 6.07) is 5.61. The Morgan fingerprint density at radius 3 is 2.50 bits per heavy atom. The van der Waals surface area contributed by atoms with Crippen molar-refractivity contribution in [1.82, 2.24) is 0 Å². The zero-order valence-electron chi connectivity index (χ0n) is 11.5. The Kier molecular flexibility index (Phi) is 6.12. The molecule has 0 aromatic heterocycles. The molecule has 0 fully saturated rings. The van der Waals surface area contributed by atoms with Crippen molar-refractivity contribution in [1.29, 1.82) is 0 Å². The minimum absolute atomic E-state index is 0.0231. The Labute approximate surface area is 108 Å². The number of hydrogen-bond donors (Lipinski definition) is 1. The summed E-state index contributed by atoms with van der Waals surface area (Å²) in [5, 5.41) is 9.57. The maximum atomic E-state index is 9.57. The van der Waals surface area contributed by atoms with Crippen molar-refractivity contribution in [3.05, 3.63) is 29.3 Å². The first-order chi connectivity index (χ1) is 8.58. The van der Waals surface area contributed by atoms with Gasteiger partial charge in [-0.05, 0) is 31.5 Å². The summed E-state index contributed by atoms with van der Waals surface area (Å²) >= 11 is 0. The van der Waals surface area contributed by atoms with Gasteiger partial charge in [0.1, 0.15) is 5.75 Å². The molecule has 0 aliphatic rings. The number of aliphatic hydroxyl groups is 1. The van der Waals surface area contributed by atoms with E-state index in [-0.39, 0.29) is 6.10 Å². The lowest BCUT2D eigenvalue weighted by Gasteiger charge is -2.15. The molecule has 1 aromatic carbocycles. The van der Waals surface area contributed by atoms with Gasteiger partial charge in [-0.15, -0.1) is 0 Å². The fraction of sp³-hybridized carbons (Fsp3) is 0.571. The lowest BCUT2D eigenvalue weighted by molar-refractivity contribution is -0.000796. The minimum atomic E-state index is -0.494. The Hall–Kier alpha value is -1.10. The first-order valence-corrected chi connectivity index (χ1v) is 6.04. The fourth-order valence-electron chi connectivity index (χ4n) is 1.69. The van der Waals surface area contributed by atoms with Gasteiger partial charge in [0, 0.05) is 12.7 Å². The molecule has 0 saturated heterocycles. The summed E-state index contributed by atoms with van der Waals surface area (Å²) in [5.74, 6) is 0.768. The SMILES string of the molecule is COCC(C)OCc1cc(C(C)O)ccc1OC. The molecule has 2 unspecified atom stereocenters. The van der Waals surface area contributed by atoms with Gasteiger partial charge < -0.3 is 19.3 Å². The number of aliphatic hydroxyl groups excluding tert-OH is 1. The second kappa shape index (κ2) is 7.36. The minimum Gasteiger partial charge on any atom is -0.496 e. The highest BCUT2D eigenvalue weighted by Gasteiger charge is 2.09. The lowest BCUT2D eigenvalue weighted by Crippen LogP contribution is -2.14. The average molecular weight is 254 g/mol. The Morgan fingerprint density at radius 1 is 1.22 bits per heavy atom. The second-order valence-electron chi connectivity index (χ2n) is 4.32. The van der Waals surface area contributed by atoms with Gasteiger partial charge in [0.25, 0.3) is 0 Å². The van der Waals surface area contributed by atoms with Crippen LogP contribution in [0.15, 0.2) is 18.2 Å². The predicted octanol–water partition coefficient (Wildman–Crippen LogP) is 2.30. The van der Waals surface area contributed by atoms with E-state index in [2.05, 4.69) is 0 Å². The molecule has 102 valence electrons. The summed E-state index contributed by atoms with van der Waals surface area (Å²) in [6.07, 6.45) is -0.471. The van der Waals surface area contributed by atoms with E-state index in [9.17, 15) is 5.11 Å². The standard InChI is InChI=1S/C14H22O4/c1-10(8-16-3)18-9-13-7-12(11(2)15)5-6-14(13)17-4/h5-7,10-11,15H,8-9H2,1-4H3. The lowest BCUT2D eigenvalue weighted by atomic mass is 10.1. The van der Waals surface area contributed by atoms with Crippen LogP contribution < -0.4 is 4.74 Å². The summed E-state index contributed by atoms with van der Waals surface area (Å²) in [6.45, 7) is 4.68. The van der Waals surface area contributed by atoms with Gasteiger partial charge >= 0.3 is 0 Å². The highest BCUT2D eigenvalue weighted by Crippen LogP contribution is 2.24. The zero-order valence-corrected chi connectivity index (χ0v) is 11.5. The van der Waals surface area contributed by atoms with Crippen LogP contribution in [-0.4, -0.2) is 32.0 Å². The second-order valence-corrected chi connectivity index (χ2v) is 4.32. The monoisotopic (exact) mass is 254 g/mol. The third-order valence-electron chi connectivity index (χ3n) is 2.71. The number of hydrogen-bond acceptors (Lipinski definition) is 4. The molecule has 0 spiro atoms. The quantitative estimate of drug-likeness (QED) is 0.811. The Bertz CT molecular complexity index is 363. The van der Waals surface area contributed by atoms with Crippen molar-refractivity contribution in [2.75, 3.05) is 20.8 Å². The van der Waals surface area contributed by atoms with E-state index in [0.29, 0.717) is 13.2 Å². The van der Waals surface area contributed by atoms with Crippen LogP contribution in [0.4, 0.5) is 0 Å². The summed E-state index contributed by atoms with van der Waals surface area (Å²) in [7, 11) is 3.27. The number of methoxy groups -OCH3 is 2. The third kappa shape index (κ3) is 4.29. The molecule has 4 heteroatoms. The molecule has 0 bridgehead atoms. The Balaban J connectivity index is 2.75. The van der Waals surface area contributed by atoms with Crippen LogP contribution in [0.2, 0.25) is 0 Å². The number of rotatable bonds is 7. The summed E-state index contributed by atoms with van der Waals surface area (Å²) < 4.78 is 16.0. The molecule has 0 amide bonds. The van der Waals surface area contributed by atoms with E-state index in [4.69, 9.17) is 14.2 Å². The molecule has 18 heavy (non-hydrogen) atoms. The topological polar surface area (TPSA) is 47.9 Å². The molecule has 2 atom stereocenters. The van der Waals surface area contributed by atoms with Gasteiger partial charge in [0.05, 0.1) is 32.5 Å². The van der Waals surface area contributed by atoms with Crippen LogP contribution >= 0.6 is 0 Å². The van der Waals surface area contributed by atoms with E-state index in [1.165, 1.54) is 0 Å². The molecule has 1 aromatic rings. The van der Waals surface area contributed by atoms with Gasteiger partial charge in [-0.2, -0.15) is 0 Å². The molecule has 0 heterocycles. The molecule has 0 aliphatic heterocycles. The van der Waals surface area contributed by atoms with Crippen LogP contribution in [0.1, 0.15) is 31.1 Å². The normalized spacial score (nSPS) is 14.3. The van der Waals surface area contributed by atoms with Crippen LogP contribution in [0.5, 0.6) is 5.75 Å². The molecule has 1 rings (SSSR count).